The highest BCUT2D eigenvalue weighted by molar-refractivity contribution is 5.79. The van der Waals surface area contributed by atoms with Gasteiger partial charge in [0.25, 0.3) is 0 Å². The molecule has 2 atom stereocenters. The third-order valence-corrected chi connectivity index (χ3v) is 6.09. The normalized spacial score (nSPS) is 24.7. The lowest BCUT2D eigenvalue weighted by atomic mass is 9.98. The Balaban J connectivity index is 1.21. The number of fused-ring (bicyclic) bond motifs is 4. The molecular weight excluding hydrogens is 344 g/mol. The van der Waals surface area contributed by atoms with Crippen LogP contribution in [0, 0.1) is 11.8 Å². The lowest BCUT2D eigenvalue weighted by Gasteiger charge is -2.17. The van der Waals surface area contributed by atoms with Crippen LogP contribution in [0.1, 0.15) is 17.0 Å². The number of rotatable bonds is 3. The third-order valence-electron chi connectivity index (χ3n) is 6.09. The summed E-state index contributed by atoms with van der Waals surface area (Å²) in [6, 6.07) is 16.5. The Morgan fingerprint density at radius 1 is 1.00 bits per heavy atom. The second-order valence-electron chi connectivity index (χ2n) is 7.51. The fraction of sp³-hybridized carbons (Fsp3) is 0.333. The number of amides is 2. The number of carboxylic acid groups (broad SMARTS) is 1. The van der Waals surface area contributed by atoms with Crippen LogP contribution in [0.4, 0.5) is 9.59 Å². The predicted molar refractivity (Wildman–Crippen MR) is 98.6 cm³/mol. The highest BCUT2D eigenvalue weighted by Gasteiger charge is 2.57. The van der Waals surface area contributed by atoms with Gasteiger partial charge in [0.05, 0.1) is 0 Å². The molecule has 27 heavy (non-hydrogen) atoms. The zero-order valence-corrected chi connectivity index (χ0v) is 14.7. The molecule has 2 fully saturated rings. The average Bonchev–Trinajstić information content (AvgIpc) is 3.04. The van der Waals surface area contributed by atoms with Crippen molar-refractivity contribution < 1.29 is 19.4 Å². The van der Waals surface area contributed by atoms with Gasteiger partial charge in [-0.2, -0.15) is 0 Å². The van der Waals surface area contributed by atoms with Crippen molar-refractivity contribution in [2.24, 2.45) is 11.8 Å². The number of piperidine rings is 1. The largest absolute Gasteiger partial charge is 0.465 e. The molecule has 3 aliphatic rings. The summed E-state index contributed by atoms with van der Waals surface area (Å²) in [4.78, 5) is 24.6. The fourth-order valence-corrected chi connectivity index (χ4v) is 4.67. The number of benzene rings is 2. The molecule has 1 saturated heterocycles. The number of hydrogen-bond acceptors (Lipinski definition) is 3. The van der Waals surface area contributed by atoms with E-state index >= 15 is 0 Å². The van der Waals surface area contributed by atoms with Gasteiger partial charge in [0.2, 0.25) is 0 Å². The van der Waals surface area contributed by atoms with Gasteiger partial charge in [0.1, 0.15) is 6.61 Å². The lowest BCUT2D eigenvalue weighted by Crippen LogP contribution is -2.37. The van der Waals surface area contributed by atoms with E-state index in [-0.39, 0.29) is 23.8 Å². The maximum atomic E-state index is 12.3. The first kappa shape index (κ1) is 16.2. The van der Waals surface area contributed by atoms with E-state index in [1.54, 1.807) is 0 Å². The van der Waals surface area contributed by atoms with E-state index in [1.165, 1.54) is 27.2 Å². The Morgan fingerprint density at radius 3 is 2.11 bits per heavy atom. The van der Waals surface area contributed by atoms with Gasteiger partial charge in [-0.15, -0.1) is 0 Å². The number of nitrogens with one attached hydrogen (secondary N) is 1. The Labute approximate surface area is 156 Å². The van der Waals surface area contributed by atoms with E-state index in [4.69, 9.17) is 9.84 Å². The molecule has 0 spiro atoms. The minimum atomic E-state index is -0.887. The zero-order chi connectivity index (χ0) is 18.5. The quantitative estimate of drug-likeness (QED) is 0.877. The first-order chi connectivity index (χ1) is 13.1. The Morgan fingerprint density at radius 2 is 1.56 bits per heavy atom. The molecule has 6 nitrogen and oxygen atoms in total. The van der Waals surface area contributed by atoms with E-state index in [2.05, 4.69) is 29.6 Å². The fourth-order valence-electron chi connectivity index (χ4n) is 4.67. The lowest BCUT2D eigenvalue weighted by molar-refractivity contribution is 0.137. The molecule has 1 saturated carbocycles. The maximum absolute atomic E-state index is 12.3. The molecular formula is C21H20N2O4. The summed E-state index contributed by atoms with van der Waals surface area (Å²) in [5.74, 6) is 0.493. The second kappa shape index (κ2) is 6.01. The van der Waals surface area contributed by atoms with Crippen molar-refractivity contribution in [3.63, 3.8) is 0 Å². The van der Waals surface area contributed by atoms with E-state index in [0.29, 0.717) is 19.7 Å². The van der Waals surface area contributed by atoms with Crippen LogP contribution in [0.3, 0.4) is 0 Å². The molecule has 2 amide bonds. The Kier molecular flexibility index (Phi) is 3.60. The minimum absolute atomic E-state index is 0.0382. The summed E-state index contributed by atoms with van der Waals surface area (Å²) in [5, 5.41) is 11.9. The van der Waals surface area contributed by atoms with Gasteiger partial charge in [0, 0.05) is 36.9 Å². The SMILES string of the molecule is O=C(NC1C2CN(C(=O)O)CC21)OCC1c2ccccc2-c2ccccc21. The van der Waals surface area contributed by atoms with Crippen LogP contribution in [-0.2, 0) is 4.74 Å². The molecule has 0 aromatic heterocycles. The molecule has 2 aromatic carbocycles. The average molecular weight is 364 g/mol. The van der Waals surface area contributed by atoms with Crippen LogP contribution in [0.25, 0.3) is 11.1 Å². The smallest absolute Gasteiger partial charge is 0.407 e. The number of likely N-dealkylation sites (tertiary alicyclic amines) is 1. The number of carbonyl (C=O) groups is 2. The van der Waals surface area contributed by atoms with Crippen molar-refractivity contribution in [3.05, 3.63) is 59.7 Å². The number of carbonyl (C=O) groups excluding carboxylic acids is 1. The molecule has 1 aliphatic heterocycles. The molecule has 0 bridgehead atoms. The molecule has 5 rings (SSSR count). The summed E-state index contributed by atoms with van der Waals surface area (Å²) in [6.45, 7) is 1.28. The maximum Gasteiger partial charge on any atom is 0.407 e. The van der Waals surface area contributed by atoms with Crippen LogP contribution in [0.5, 0.6) is 0 Å². The summed E-state index contributed by atoms with van der Waals surface area (Å²) >= 11 is 0. The molecule has 2 aromatic rings. The Bertz CT molecular complexity index is 870. The molecule has 2 unspecified atom stereocenters. The molecule has 2 aliphatic carbocycles. The monoisotopic (exact) mass is 364 g/mol. The highest BCUT2D eigenvalue weighted by atomic mass is 16.5. The van der Waals surface area contributed by atoms with E-state index in [9.17, 15) is 9.59 Å². The van der Waals surface area contributed by atoms with Crippen molar-refractivity contribution >= 4 is 12.2 Å². The first-order valence-electron chi connectivity index (χ1n) is 9.23. The second-order valence-corrected chi connectivity index (χ2v) is 7.51. The molecule has 1 heterocycles. The van der Waals surface area contributed by atoms with Gasteiger partial charge in [-0.3, -0.25) is 0 Å². The highest BCUT2D eigenvalue weighted by Crippen LogP contribution is 2.46. The van der Waals surface area contributed by atoms with E-state index < -0.39 is 12.2 Å². The number of alkyl carbamates (subject to hydrolysis) is 1. The predicted octanol–water partition coefficient (Wildman–Crippen LogP) is 3.13. The van der Waals surface area contributed by atoms with E-state index in [1.807, 2.05) is 24.3 Å². The number of ether oxygens (including phenoxy) is 1. The van der Waals surface area contributed by atoms with E-state index in [0.717, 1.165) is 0 Å². The standard InChI is InChI=1S/C21H20N2O4/c24-20(22-19-16-9-23(21(25)26)10-17(16)19)27-11-18-14-7-3-1-5-12(14)13-6-2-4-8-15(13)18/h1-8,16-19H,9-11H2,(H,22,24)(H,25,26). The summed E-state index contributed by atoms with van der Waals surface area (Å²) in [5.41, 5.74) is 4.78. The third kappa shape index (κ3) is 2.63. The van der Waals surface area contributed by atoms with Gasteiger partial charge in [-0.25, -0.2) is 9.59 Å². The summed E-state index contributed by atoms with van der Waals surface area (Å²) in [7, 11) is 0. The van der Waals surface area contributed by atoms with Crippen molar-refractivity contribution in [2.45, 2.75) is 12.0 Å². The van der Waals surface area contributed by atoms with Crippen LogP contribution >= 0.6 is 0 Å². The van der Waals surface area contributed by atoms with Crippen molar-refractivity contribution in [1.29, 1.82) is 0 Å². The first-order valence-corrected chi connectivity index (χ1v) is 9.23. The van der Waals surface area contributed by atoms with Crippen molar-refractivity contribution in [3.8, 4) is 11.1 Å². The molecule has 6 heteroatoms. The van der Waals surface area contributed by atoms with Crippen LogP contribution < -0.4 is 5.32 Å². The number of hydrogen-bond donors (Lipinski definition) is 2. The molecule has 0 radical (unpaired) electrons. The number of nitrogens with zero attached hydrogens (tertiary/aromatic N) is 1. The van der Waals surface area contributed by atoms with Gasteiger partial charge in [0.15, 0.2) is 0 Å². The Hall–Kier alpha value is -3.02. The topological polar surface area (TPSA) is 78.9 Å². The summed E-state index contributed by atoms with van der Waals surface area (Å²) in [6.07, 6.45) is -1.31. The van der Waals surface area contributed by atoms with Gasteiger partial charge >= 0.3 is 12.2 Å². The van der Waals surface area contributed by atoms with Crippen LogP contribution in [0.15, 0.2) is 48.5 Å². The van der Waals surface area contributed by atoms with Gasteiger partial charge in [-0.05, 0) is 22.3 Å². The van der Waals surface area contributed by atoms with Crippen molar-refractivity contribution in [2.75, 3.05) is 19.7 Å². The summed E-state index contributed by atoms with van der Waals surface area (Å²) < 4.78 is 5.55. The van der Waals surface area contributed by atoms with Crippen molar-refractivity contribution in [1.82, 2.24) is 10.2 Å². The van der Waals surface area contributed by atoms with Gasteiger partial charge < -0.3 is 20.1 Å². The minimum Gasteiger partial charge on any atom is -0.465 e. The molecule has 2 N–H and O–H groups in total. The van der Waals surface area contributed by atoms with Crippen LogP contribution in [-0.4, -0.2) is 47.9 Å². The zero-order valence-electron chi connectivity index (χ0n) is 14.7. The molecule has 138 valence electrons. The van der Waals surface area contributed by atoms with Crippen LogP contribution in [0.2, 0.25) is 0 Å². The van der Waals surface area contributed by atoms with Gasteiger partial charge in [-0.1, -0.05) is 48.5 Å².